The number of phenols is 2. The first kappa shape index (κ1) is 22.5. The minimum Gasteiger partial charge on any atom is -0.508 e. The summed E-state index contributed by atoms with van der Waals surface area (Å²) in [7, 11) is 0. The summed E-state index contributed by atoms with van der Waals surface area (Å²) < 4.78 is 0. The summed E-state index contributed by atoms with van der Waals surface area (Å²) in [6.07, 6.45) is 18.5. The van der Waals surface area contributed by atoms with Gasteiger partial charge in [0.05, 0.1) is 5.56 Å². The standard InChI is InChI=1S/C23H38O3/c1-2-3-4-5-6-7-8-9-10-11-12-13-14-15-16-22(25)21-19-20(24)17-18-23(21)26/h17-19,24,26H,2-16H2,1H3. The highest BCUT2D eigenvalue weighted by molar-refractivity contribution is 5.98. The lowest BCUT2D eigenvalue weighted by Crippen LogP contribution is -1.99. The summed E-state index contributed by atoms with van der Waals surface area (Å²) in [5, 5.41) is 19.1. The molecule has 0 spiro atoms. The summed E-state index contributed by atoms with van der Waals surface area (Å²) in [5.41, 5.74) is 0.236. The van der Waals surface area contributed by atoms with Crippen molar-refractivity contribution in [3.63, 3.8) is 0 Å². The van der Waals surface area contributed by atoms with Gasteiger partial charge in [0.2, 0.25) is 0 Å². The Morgan fingerprint density at radius 1 is 0.731 bits per heavy atom. The third-order valence-electron chi connectivity index (χ3n) is 5.04. The van der Waals surface area contributed by atoms with Gasteiger partial charge in [0.1, 0.15) is 11.5 Å². The van der Waals surface area contributed by atoms with Crippen LogP contribution in [0, 0.1) is 0 Å². The van der Waals surface area contributed by atoms with Crippen molar-refractivity contribution >= 4 is 5.78 Å². The molecule has 0 aliphatic rings. The van der Waals surface area contributed by atoms with Crippen LogP contribution < -0.4 is 0 Å². The zero-order valence-electron chi connectivity index (χ0n) is 16.6. The third kappa shape index (κ3) is 10.5. The molecule has 1 aromatic carbocycles. The van der Waals surface area contributed by atoms with Gasteiger partial charge < -0.3 is 10.2 Å². The summed E-state index contributed by atoms with van der Waals surface area (Å²) in [5.74, 6) is -0.109. The first-order valence-corrected chi connectivity index (χ1v) is 10.7. The minimum absolute atomic E-state index is 0.0205. The number of benzene rings is 1. The van der Waals surface area contributed by atoms with Crippen LogP contribution in [0.1, 0.15) is 114 Å². The molecule has 26 heavy (non-hydrogen) atoms. The number of carbonyl (C=O) groups is 1. The molecule has 3 nitrogen and oxygen atoms in total. The van der Waals surface area contributed by atoms with Gasteiger partial charge in [0.15, 0.2) is 5.78 Å². The van der Waals surface area contributed by atoms with Crippen LogP contribution in [-0.4, -0.2) is 16.0 Å². The molecular formula is C23H38O3. The number of hydrogen-bond acceptors (Lipinski definition) is 3. The molecule has 0 radical (unpaired) electrons. The summed E-state index contributed by atoms with van der Waals surface area (Å²) in [6.45, 7) is 2.26. The Morgan fingerprint density at radius 3 is 1.69 bits per heavy atom. The number of rotatable bonds is 16. The summed E-state index contributed by atoms with van der Waals surface area (Å²) in [6, 6.07) is 4.10. The highest BCUT2D eigenvalue weighted by Crippen LogP contribution is 2.24. The second-order valence-corrected chi connectivity index (χ2v) is 7.47. The zero-order chi connectivity index (χ0) is 19.0. The molecule has 0 aromatic heterocycles. The van der Waals surface area contributed by atoms with Gasteiger partial charge >= 0.3 is 0 Å². The smallest absolute Gasteiger partial charge is 0.166 e. The zero-order valence-corrected chi connectivity index (χ0v) is 16.6. The highest BCUT2D eigenvalue weighted by Gasteiger charge is 2.11. The van der Waals surface area contributed by atoms with Gasteiger partial charge in [-0.25, -0.2) is 0 Å². The van der Waals surface area contributed by atoms with E-state index in [0.717, 1.165) is 12.8 Å². The molecule has 0 fully saturated rings. The molecule has 3 heteroatoms. The maximum absolute atomic E-state index is 12.1. The molecule has 0 aliphatic heterocycles. The molecule has 0 unspecified atom stereocenters. The Kier molecular flexibility index (Phi) is 12.7. The van der Waals surface area contributed by atoms with Crippen LogP contribution in [0.3, 0.4) is 0 Å². The van der Waals surface area contributed by atoms with Crippen molar-refractivity contribution in [2.45, 2.75) is 103 Å². The summed E-state index contributed by atoms with van der Waals surface area (Å²) in [4.78, 5) is 12.1. The maximum atomic E-state index is 12.1. The second-order valence-electron chi connectivity index (χ2n) is 7.47. The van der Waals surface area contributed by atoms with Gasteiger partial charge in [-0.1, -0.05) is 90.4 Å². The van der Waals surface area contributed by atoms with Crippen molar-refractivity contribution < 1.29 is 15.0 Å². The Bertz CT molecular complexity index is 496. The number of ketones is 1. The van der Waals surface area contributed by atoms with E-state index >= 15 is 0 Å². The normalized spacial score (nSPS) is 11.0. The molecule has 0 bridgehead atoms. The Balaban J connectivity index is 1.92. The van der Waals surface area contributed by atoms with E-state index in [0.29, 0.717) is 6.42 Å². The lowest BCUT2D eigenvalue weighted by molar-refractivity contribution is 0.0976. The van der Waals surface area contributed by atoms with E-state index in [-0.39, 0.29) is 22.8 Å². The van der Waals surface area contributed by atoms with Crippen LogP contribution in [0.5, 0.6) is 11.5 Å². The van der Waals surface area contributed by atoms with Crippen LogP contribution in [0.4, 0.5) is 0 Å². The van der Waals surface area contributed by atoms with Crippen LogP contribution in [0.25, 0.3) is 0 Å². The quantitative estimate of drug-likeness (QED) is 0.186. The third-order valence-corrected chi connectivity index (χ3v) is 5.04. The fourth-order valence-electron chi connectivity index (χ4n) is 3.36. The van der Waals surface area contributed by atoms with E-state index in [1.807, 2.05) is 0 Å². The Labute approximate surface area is 159 Å². The predicted molar refractivity (Wildman–Crippen MR) is 109 cm³/mol. The average molecular weight is 363 g/mol. The first-order chi connectivity index (χ1) is 12.6. The van der Waals surface area contributed by atoms with E-state index in [9.17, 15) is 15.0 Å². The number of carbonyl (C=O) groups excluding carboxylic acids is 1. The molecular weight excluding hydrogens is 324 g/mol. The fraction of sp³-hybridized carbons (Fsp3) is 0.696. The largest absolute Gasteiger partial charge is 0.508 e. The van der Waals surface area contributed by atoms with E-state index in [1.54, 1.807) is 0 Å². The van der Waals surface area contributed by atoms with E-state index in [4.69, 9.17) is 0 Å². The molecule has 148 valence electrons. The molecule has 0 atom stereocenters. The number of Topliss-reactive ketones (excluding diaryl/α,β-unsaturated/α-hetero) is 1. The monoisotopic (exact) mass is 362 g/mol. The lowest BCUT2D eigenvalue weighted by atomic mass is 10.0. The van der Waals surface area contributed by atoms with Crippen molar-refractivity contribution in [3.05, 3.63) is 23.8 Å². The van der Waals surface area contributed by atoms with Crippen molar-refractivity contribution in [1.82, 2.24) is 0 Å². The highest BCUT2D eigenvalue weighted by atomic mass is 16.3. The van der Waals surface area contributed by atoms with Crippen molar-refractivity contribution in [1.29, 1.82) is 0 Å². The van der Waals surface area contributed by atoms with Gasteiger partial charge in [-0.05, 0) is 24.6 Å². The number of phenolic OH excluding ortho intramolecular Hbond substituents is 2. The number of hydrogen-bond donors (Lipinski definition) is 2. The predicted octanol–water partition coefficient (Wildman–Crippen LogP) is 7.15. The van der Waals surface area contributed by atoms with Gasteiger partial charge in [-0.15, -0.1) is 0 Å². The van der Waals surface area contributed by atoms with Crippen molar-refractivity contribution in [2.24, 2.45) is 0 Å². The van der Waals surface area contributed by atoms with Gasteiger partial charge in [-0.2, -0.15) is 0 Å². The van der Waals surface area contributed by atoms with Crippen molar-refractivity contribution in [3.8, 4) is 11.5 Å². The molecule has 1 aromatic rings. The first-order valence-electron chi connectivity index (χ1n) is 10.7. The van der Waals surface area contributed by atoms with Crippen LogP contribution in [0.15, 0.2) is 18.2 Å². The van der Waals surface area contributed by atoms with Gasteiger partial charge in [0, 0.05) is 6.42 Å². The van der Waals surface area contributed by atoms with Crippen LogP contribution in [-0.2, 0) is 0 Å². The molecule has 0 aliphatic carbocycles. The van der Waals surface area contributed by atoms with Crippen molar-refractivity contribution in [2.75, 3.05) is 0 Å². The van der Waals surface area contributed by atoms with Gasteiger partial charge in [0.25, 0.3) is 0 Å². The molecule has 1 rings (SSSR count). The Hall–Kier alpha value is -1.51. The van der Waals surface area contributed by atoms with E-state index in [1.165, 1.54) is 95.2 Å². The SMILES string of the molecule is CCCCCCCCCCCCCCCCC(=O)c1cc(O)ccc1O. The Morgan fingerprint density at radius 2 is 1.19 bits per heavy atom. The lowest BCUT2D eigenvalue weighted by Gasteiger charge is -2.05. The molecule has 0 amide bonds. The number of unbranched alkanes of at least 4 members (excludes halogenated alkanes) is 13. The summed E-state index contributed by atoms with van der Waals surface area (Å²) >= 11 is 0. The fourth-order valence-corrected chi connectivity index (χ4v) is 3.36. The number of aromatic hydroxyl groups is 2. The van der Waals surface area contributed by atoms with Gasteiger partial charge in [-0.3, -0.25) is 4.79 Å². The molecule has 0 saturated heterocycles. The van der Waals surface area contributed by atoms with Crippen LogP contribution >= 0.6 is 0 Å². The van der Waals surface area contributed by atoms with E-state index < -0.39 is 0 Å². The average Bonchev–Trinajstić information content (AvgIpc) is 2.63. The van der Waals surface area contributed by atoms with E-state index in [2.05, 4.69) is 6.92 Å². The molecule has 0 saturated carbocycles. The second kappa shape index (κ2) is 14.6. The molecule has 2 N–H and O–H groups in total. The minimum atomic E-state index is -0.0858. The molecule has 0 heterocycles. The maximum Gasteiger partial charge on any atom is 0.166 e. The topological polar surface area (TPSA) is 57.5 Å². The van der Waals surface area contributed by atoms with Crippen LogP contribution in [0.2, 0.25) is 0 Å².